The molecule has 1 unspecified atom stereocenters. The van der Waals surface area contributed by atoms with Gasteiger partial charge in [0.1, 0.15) is 6.33 Å². The van der Waals surface area contributed by atoms with Gasteiger partial charge >= 0.3 is 0 Å². The van der Waals surface area contributed by atoms with Crippen LogP contribution in [0.3, 0.4) is 0 Å². The fourth-order valence-electron chi connectivity index (χ4n) is 3.60. The molecule has 1 aliphatic rings. The average Bonchev–Trinajstić information content (AvgIpc) is 3.10. The Kier molecular flexibility index (Phi) is 4.61. The van der Waals surface area contributed by atoms with Gasteiger partial charge in [-0.2, -0.15) is 4.98 Å². The summed E-state index contributed by atoms with van der Waals surface area (Å²) in [5.41, 5.74) is 4.55. The number of para-hydroxylation sites is 1. The summed E-state index contributed by atoms with van der Waals surface area (Å²) in [5.74, 6) is 1.36. The van der Waals surface area contributed by atoms with Crippen molar-refractivity contribution in [3.63, 3.8) is 0 Å². The van der Waals surface area contributed by atoms with Crippen LogP contribution in [0, 0.1) is 12.8 Å². The maximum Gasteiger partial charge on any atom is 0.246 e. The van der Waals surface area contributed by atoms with E-state index in [4.69, 9.17) is 0 Å². The molecule has 2 heterocycles. The van der Waals surface area contributed by atoms with Gasteiger partial charge in [0.2, 0.25) is 5.95 Å². The highest BCUT2D eigenvalue weighted by atomic mass is 15.4. The van der Waals surface area contributed by atoms with Crippen LogP contribution >= 0.6 is 0 Å². The Morgan fingerprint density at radius 3 is 2.77 bits per heavy atom. The number of hydrogen-bond donors (Lipinski definition) is 1. The summed E-state index contributed by atoms with van der Waals surface area (Å²) in [6.45, 7) is 6.73. The number of anilines is 3. The molecule has 1 N–H and O–H groups in total. The first-order chi connectivity index (χ1) is 12.7. The van der Waals surface area contributed by atoms with Crippen LogP contribution in [0.4, 0.5) is 17.3 Å². The number of aromatic nitrogens is 3. The van der Waals surface area contributed by atoms with E-state index < -0.39 is 0 Å². The zero-order valence-electron chi connectivity index (χ0n) is 15.4. The van der Waals surface area contributed by atoms with Gasteiger partial charge in [-0.1, -0.05) is 25.1 Å². The minimum absolute atomic E-state index is 0. The lowest BCUT2D eigenvalue weighted by molar-refractivity contribution is 0.447. The van der Waals surface area contributed by atoms with Crippen molar-refractivity contribution in [2.75, 3.05) is 23.3 Å². The molecular formula is C21H27N5. The molecule has 3 aromatic rings. The van der Waals surface area contributed by atoms with Crippen molar-refractivity contribution in [2.45, 2.75) is 26.7 Å². The molecule has 1 fully saturated rings. The van der Waals surface area contributed by atoms with E-state index >= 15 is 0 Å². The first-order valence-corrected chi connectivity index (χ1v) is 9.28. The van der Waals surface area contributed by atoms with Crippen molar-refractivity contribution >= 4 is 17.3 Å². The van der Waals surface area contributed by atoms with Gasteiger partial charge in [0.15, 0.2) is 0 Å². The Morgan fingerprint density at radius 1 is 1.12 bits per heavy atom. The molecule has 1 aliphatic heterocycles. The summed E-state index contributed by atoms with van der Waals surface area (Å²) in [5, 5.41) is 7.90. The van der Waals surface area contributed by atoms with E-state index in [0.717, 1.165) is 30.4 Å². The maximum absolute atomic E-state index is 4.54. The Bertz CT molecular complexity index is 877. The number of rotatable bonds is 4. The van der Waals surface area contributed by atoms with Gasteiger partial charge in [0.05, 0.1) is 5.69 Å². The Balaban J connectivity index is 0.00000210. The molecule has 2 aromatic carbocycles. The van der Waals surface area contributed by atoms with E-state index in [9.17, 15) is 0 Å². The minimum atomic E-state index is 0. The van der Waals surface area contributed by atoms with E-state index in [0.29, 0.717) is 5.95 Å². The monoisotopic (exact) mass is 349 g/mol. The fraction of sp³-hybridized carbons (Fsp3) is 0.333. The summed E-state index contributed by atoms with van der Waals surface area (Å²) in [6, 6.07) is 16.6. The van der Waals surface area contributed by atoms with Crippen molar-refractivity contribution in [2.24, 2.45) is 5.92 Å². The molecule has 4 rings (SSSR count). The lowest BCUT2D eigenvalue weighted by Crippen LogP contribution is -2.34. The zero-order chi connectivity index (χ0) is 17.9. The van der Waals surface area contributed by atoms with Gasteiger partial charge in [-0.05, 0) is 61.6 Å². The first kappa shape index (κ1) is 16.6. The minimum Gasteiger partial charge on any atom is -0.371 e. The normalized spacial score (nSPS) is 17.3. The summed E-state index contributed by atoms with van der Waals surface area (Å²) in [7, 11) is 0. The number of nitrogens with zero attached hydrogens (tertiary/aromatic N) is 4. The molecule has 5 heteroatoms. The van der Waals surface area contributed by atoms with Crippen LogP contribution in [0.1, 0.15) is 26.8 Å². The highest BCUT2D eigenvalue weighted by Crippen LogP contribution is 2.28. The third-order valence-electron chi connectivity index (χ3n) is 4.85. The Labute approximate surface area is 156 Å². The molecule has 26 heavy (non-hydrogen) atoms. The van der Waals surface area contributed by atoms with Crippen molar-refractivity contribution in [3.05, 3.63) is 60.4 Å². The molecule has 1 aromatic heterocycles. The molecule has 5 nitrogen and oxygen atoms in total. The summed E-state index contributed by atoms with van der Waals surface area (Å²) in [6.07, 6.45) is 4.33. The van der Waals surface area contributed by atoms with Gasteiger partial charge < -0.3 is 10.2 Å². The highest BCUT2D eigenvalue weighted by Gasteiger charge is 2.17. The standard InChI is InChI=1S/C21H25N5.H2/c1-16-7-6-10-25(14-16)20-12-17(2)11-18(13-20)23-21-22-15-26(24-21)19-8-4-3-5-9-19;/h3-5,8-9,11-13,15-16H,6-7,10,14H2,1-2H3,(H,23,24);1H. The zero-order valence-corrected chi connectivity index (χ0v) is 15.4. The van der Waals surface area contributed by atoms with Crippen molar-refractivity contribution in [1.29, 1.82) is 0 Å². The van der Waals surface area contributed by atoms with Gasteiger partial charge in [0, 0.05) is 25.9 Å². The van der Waals surface area contributed by atoms with Crippen LogP contribution < -0.4 is 10.2 Å². The molecule has 0 aliphatic carbocycles. The number of benzene rings is 2. The van der Waals surface area contributed by atoms with Crippen LogP contribution in [-0.4, -0.2) is 27.9 Å². The van der Waals surface area contributed by atoms with Crippen LogP contribution in [0.15, 0.2) is 54.9 Å². The van der Waals surface area contributed by atoms with Gasteiger partial charge in [-0.25, -0.2) is 4.68 Å². The molecule has 1 atom stereocenters. The maximum atomic E-state index is 4.54. The highest BCUT2D eigenvalue weighted by molar-refractivity contribution is 5.64. The molecule has 1 saturated heterocycles. The third-order valence-corrected chi connectivity index (χ3v) is 4.85. The van der Waals surface area contributed by atoms with Gasteiger partial charge in [0.25, 0.3) is 0 Å². The Hall–Kier alpha value is -2.82. The summed E-state index contributed by atoms with van der Waals surface area (Å²) < 4.78 is 1.78. The smallest absolute Gasteiger partial charge is 0.246 e. The molecule has 0 spiro atoms. The molecule has 0 bridgehead atoms. The summed E-state index contributed by atoms with van der Waals surface area (Å²) in [4.78, 5) is 6.89. The van der Waals surface area contributed by atoms with Crippen molar-refractivity contribution in [3.8, 4) is 5.69 Å². The summed E-state index contributed by atoms with van der Waals surface area (Å²) >= 11 is 0. The second-order valence-corrected chi connectivity index (χ2v) is 7.22. The molecular weight excluding hydrogens is 322 g/mol. The third kappa shape index (κ3) is 3.72. The largest absolute Gasteiger partial charge is 0.371 e. The topological polar surface area (TPSA) is 46.0 Å². The second-order valence-electron chi connectivity index (χ2n) is 7.22. The van der Waals surface area contributed by atoms with Crippen LogP contribution in [0.25, 0.3) is 5.69 Å². The van der Waals surface area contributed by atoms with Crippen LogP contribution in [0.2, 0.25) is 0 Å². The number of nitrogens with one attached hydrogen (secondary N) is 1. The quantitative estimate of drug-likeness (QED) is 0.735. The SMILES string of the molecule is Cc1cc(Nc2ncn(-c3ccccc3)n2)cc(N2CCCC(C)C2)c1.[HH]. The Morgan fingerprint density at radius 2 is 1.96 bits per heavy atom. The predicted molar refractivity (Wildman–Crippen MR) is 109 cm³/mol. The van der Waals surface area contributed by atoms with Gasteiger partial charge in [-0.15, -0.1) is 5.10 Å². The average molecular weight is 349 g/mol. The first-order valence-electron chi connectivity index (χ1n) is 9.28. The molecule has 0 amide bonds. The van der Waals surface area contributed by atoms with Crippen molar-refractivity contribution in [1.82, 2.24) is 14.8 Å². The van der Waals surface area contributed by atoms with E-state index in [1.807, 2.05) is 30.3 Å². The van der Waals surface area contributed by atoms with Crippen LogP contribution in [-0.2, 0) is 0 Å². The predicted octanol–water partition coefficient (Wildman–Crippen LogP) is 4.80. The molecule has 0 saturated carbocycles. The molecule has 0 radical (unpaired) electrons. The second kappa shape index (κ2) is 7.20. The van der Waals surface area contributed by atoms with E-state index in [2.05, 4.69) is 52.3 Å². The lowest BCUT2D eigenvalue weighted by Gasteiger charge is -2.33. The van der Waals surface area contributed by atoms with Crippen LogP contribution in [0.5, 0.6) is 0 Å². The molecule has 136 valence electrons. The number of aryl methyl sites for hydroxylation is 1. The lowest BCUT2D eigenvalue weighted by atomic mass is 9.99. The van der Waals surface area contributed by atoms with Crippen molar-refractivity contribution < 1.29 is 1.43 Å². The van der Waals surface area contributed by atoms with E-state index in [1.54, 1.807) is 11.0 Å². The fourth-order valence-corrected chi connectivity index (χ4v) is 3.60. The van der Waals surface area contributed by atoms with E-state index in [-0.39, 0.29) is 1.43 Å². The number of piperidine rings is 1. The number of hydrogen-bond acceptors (Lipinski definition) is 4. The van der Waals surface area contributed by atoms with E-state index in [1.165, 1.54) is 24.1 Å². The van der Waals surface area contributed by atoms with Gasteiger partial charge in [-0.3, -0.25) is 0 Å².